The molecule has 0 aliphatic carbocycles. The highest BCUT2D eigenvalue weighted by atomic mass is 32.2. The van der Waals surface area contributed by atoms with Crippen molar-refractivity contribution in [2.45, 2.75) is 56.4 Å². The van der Waals surface area contributed by atoms with Crippen LogP contribution in [0.4, 0.5) is 0 Å². The van der Waals surface area contributed by atoms with E-state index in [-0.39, 0.29) is 11.9 Å². The Balaban J connectivity index is 1.46. The molecule has 3 heterocycles. The van der Waals surface area contributed by atoms with Crippen LogP contribution in [0.25, 0.3) is 0 Å². The van der Waals surface area contributed by atoms with Gasteiger partial charge in [0.15, 0.2) is 16.7 Å². The van der Waals surface area contributed by atoms with Crippen LogP contribution in [0.1, 0.15) is 36.8 Å². The molecule has 1 aliphatic rings. The molecule has 2 aromatic heterocycles. The van der Waals surface area contributed by atoms with Crippen LogP contribution in [-0.4, -0.2) is 56.1 Å². The lowest BCUT2D eigenvalue weighted by atomic mass is 10.2. The Morgan fingerprint density at radius 1 is 1.24 bits per heavy atom. The SMILES string of the molecule is CCOc1cc(CN(C)Cc2nnc(SCc3ccccn3)n2C[C@@H]2CCCO2)ccc1O. The Kier molecular flexibility index (Phi) is 8.20. The van der Waals surface area contributed by atoms with E-state index in [1.54, 1.807) is 17.8 Å². The molecule has 1 atom stereocenters. The van der Waals surface area contributed by atoms with Gasteiger partial charge in [-0.25, -0.2) is 0 Å². The Morgan fingerprint density at radius 2 is 2.15 bits per heavy atom. The first kappa shape index (κ1) is 23.5. The van der Waals surface area contributed by atoms with E-state index in [0.29, 0.717) is 25.4 Å². The van der Waals surface area contributed by atoms with Crippen molar-refractivity contribution in [3.05, 3.63) is 59.7 Å². The number of phenols is 1. The number of aromatic hydroxyl groups is 1. The Labute approximate surface area is 199 Å². The normalized spacial score (nSPS) is 15.9. The van der Waals surface area contributed by atoms with Crippen LogP contribution in [0.5, 0.6) is 11.5 Å². The summed E-state index contributed by atoms with van der Waals surface area (Å²) < 4.78 is 13.6. The van der Waals surface area contributed by atoms with Crippen molar-refractivity contribution in [2.75, 3.05) is 20.3 Å². The van der Waals surface area contributed by atoms with Gasteiger partial charge in [0.25, 0.3) is 0 Å². The van der Waals surface area contributed by atoms with Crippen molar-refractivity contribution in [3.8, 4) is 11.5 Å². The first-order valence-corrected chi connectivity index (χ1v) is 12.3. The summed E-state index contributed by atoms with van der Waals surface area (Å²) >= 11 is 1.65. The zero-order valence-corrected chi connectivity index (χ0v) is 20.0. The molecule has 1 N–H and O–H groups in total. The topological polar surface area (TPSA) is 85.5 Å². The number of rotatable bonds is 11. The van der Waals surface area contributed by atoms with E-state index in [1.165, 1.54) is 0 Å². The van der Waals surface area contributed by atoms with Gasteiger partial charge in [0.2, 0.25) is 0 Å². The third kappa shape index (κ3) is 6.46. The van der Waals surface area contributed by atoms with E-state index in [1.807, 2.05) is 43.5 Å². The molecular formula is C24H31N5O3S. The molecule has 1 saturated heterocycles. The summed E-state index contributed by atoms with van der Waals surface area (Å²) in [5, 5.41) is 19.9. The number of hydrogen-bond acceptors (Lipinski definition) is 8. The minimum atomic E-state index is 0.161. The van der Waals surface area contributed by atoms with E-state index in [2.05, 4.69) is 31.7 Å². The summed E-state index contributed by atoms with van der Waals surface area (Å²) in [6, 6.07) is 11.4. The maximum atomic E-state index is 9.96. The van der Waals surface area contributed by atoms with Gasteiger partial charge in [-0.2, -0.15) is 0 Å². The molecule has 0 unspecified atom stereocenters. The molecule has 3 aromatic rings. The fourth-order valence-corrected chi connectivity index (χ4v) is 4.76. The third-order valence-corrected chi connectivity index (χ3v) is 6.47. The fraction of sp³-hybridized carbons (Fsp3) is 0.458. The largest absolute Gasteiger partial charge is 0.504 e. The molecule has 8 nitrogen and oxygen atoms in total. The maximum Gasteiger partial charge on any atom is 0.191 e. The van der Waals surface area contributed by atoms with Gasteiger partial charge < -0.3 is 19.1 Å². The highest BCUT2D eigenvalue weighted by Gasteiger charge is 2.22. The smallest absolute Gasteiger partial charge is 0.191 e. The number of thioether (sulfide) groups is 1. The van der Waals surface area contributed by atoms with Crippen molar-refractivity contribution in [1.82, 2.24) is 24.6 Å². The van der Waals surface area contributed by atoms with E-state index in [9.17, 15) is 5.11 Å². The molecule has 0 bridgehead atoms. The lowest BCUT2D eigenvalue weighted by Gasteiger charge is -2.19. The molecule has 0 spiro atoms. The summed E-state index contributed by atoms with van der Waals surface area (Å²) in [6.07, 6.45) is 4.17. The van der Waals surface area contributed by atoms with E-state index < -0.39 is 0 Å². The first-order valence-electron chi connectivity index (χ1n) is 11.3. The molecule has 9 heteroatoms. The van der Waals surface area contributed by atoms with Crippen molar-refractivity contribution >= 4 is 11.8 Å². The van der Waals surface area contributed by atoms with Crippen molar-refractivity contribution < 1.29 is 14.6 Å². The Hall–Kier alpha value is -2.62. The van der Waals surface area contributed by atoms with Gasteiger partial charge in [0.1, 0.15) is 5.82 Å². The fourth-order valence-electron chi connectivity index (χ4n) is 3.88. The van der Waals surface area contributed by atoms with Crippen LogP contribution in [0.2, 0.25) is 0 Å². The van der Waals surface area contributed by atoms with Crippen molar-refractivity contribution in [3.63, 3.8) is 0 Å². The van der Waals surface area contributed by atoms with Crippen LogP contribution in [0.15, 0.2) is 47.8 Å². The summed E-state index contributed by atoms with van der Waals surface area (Å²) in [4.78, 5) is 6.60. The van der Waals surface area contributed by atoms with Gasteiger partial charge in [-0.15, -0.1) is 10.2 Å². The Morgan fingerprint density at radius 3 is 2.91 bits per heavy atom. The van der Waals surface area contributed by atoms with Crippen LogP contribution in [-0.2, 0) is 30.1 Å². The second-order valence-corrected chi connectivity index (χ2v) is 9.10. The van der Waals surface area contributed by atoms with E-state index >= 15 is 0 Å². The standard InChI is InChI=1S/C24H31N5O3S/c1-3-31-22-13-18(9-10-21(22)30)14-28(2)16-23-26-27-24(29(23)15-20-8-6-12-32-20)33-17-19-7-4-5-11-25-19/h4-5,7,9-11,13,20,30H,3,6,8,12,14-17H2,1-2H3/t20-/m0/s1. The predicted octanol–water partition coefficient (Wildman–Crippen LogP) is 3.88. The van der Waals surface area contributed by atoms with Crippen LogP contribution in [0, 0.1) is 0 Å². The highest BCUT2D eigenvalue weighted by molar-refractivity contribution is 7.98. The molecule has 4 rings (SSSR count). The quantitative estimate of drug-likeness (QED) is 0.424. The van der Waals surface area contributed by atoms with Crippen LogP contribution >= 0.6 is 11.8 Å². The van der Waals surface area contributed by atoms with Gasteiger partial charge in [0.05, 0.1) is 31.5 Å². The number of pyridine rings is 1. The summed E-state index contributed by atoms with van der Waals surface area (Å²) in [7, 11) is 2.05. The minimum absolute atomic E-state index is 0.161. The van der Waals surface area contributed by atoms with Crippen molar-refractivity contribution in [1.29, 1.82) is 0 Å². The van der Waals surface area contributed by atoms with Gasteiger partial charge in [-0.3, -0.25) is 9.88 Å². The third-order valence-electron chi connectivity index (χ3n) is 5.47. The molecule has 1 aromatic carbocycles. The average Bonchev–Trinajstić information content (AvgIpc) is 3.46. The van der Waals surface area contributed by atoms with Crippen LogP contribution in [0.3, 0.4) is 0 Å². The molecule has 1 fully saturated rings. The van der Waals surface area contributed by atoms with Gasteiger partial charge in [0, 0.05) is 25.1 Å². The second-order valence-electron chi connectivity index (χ2n) is 8.16. The lowest BCUT2D eigenvalue weighted by Crippen LogP contribution is -2.23. The van der Waals surface area contributed by atoms with Gasteiger partial charge >= 0.3 is 0 Å². The predicted molar refractivity (Wildman–Crippen MR) is 127 cm³/mol. The number of benzene rings is 1. The zero-order chi connectivity index (χ0) is 23.0. The average molecular weight is 470 g/mol. The summed E-state index contributed by atoms with van der Waals surface area (Å²) in [5.74, 6) is 2.33. The second kappa shape index (κ2) is 11.5. The zero-order valence-electron chi connectivity index (χ0n) is 19.2. The monoisotopic (exact) mass is 469 g/mol. The maximum absolute atomic E-state index is 9.96. The van der Waals surface area contributed by atoms with E-state index in [0.717, 1.165) is 54.0 Å². The Bertz CT molecular complexity index is 1020. The molecule has 0 saturated carbocycles. The summed E-state index contributed by atoms with van der Waals surface area (Å²) in [6.45, 7) is 5.34. The number of nitrogens with zero attached hydrogens (tertiary/aromatic N) is 5. The van der Waals surface area contributed by atoms with Crippen molar-refractivity contribution in [2.24, 2.45) is 0 Å². The highest BCUT2D eigenvalue weighted by Crippen LogP contribution is 2.28. The number of hydrogen-bond donors (Lipinski definition) is 1. The molecule has 1 aliphatic heterocycles. The number of ether oxygens (including phenoxy) is 2. The molecule has 0 radical (unpaired) electrons. The molecule has 176 valence electrons. The molecular weight excluding hydrogens is 438 g/mol. The number of phenolic OH excluding ortho intramolecular Hbond substituents is 1. The first-order chi connectivity index (χ1) is 16.1. The number of aromatic nitrogens is 4. The van der Waals surface area contributed by atoms with Gasteiger partial charge in [-0.05, 0) is 56.6 Å². The minimum Gasteiger partial charge on any atom is -0.504 e. The summed E-state index contributed by atoms with van der Waals surface area (Å²) in [5.41, 5.74) is 2.08. The van der Waals surface area contributed by atoms with Crippen LogP contribution < -0.4 is 4.74 Å². The lowest BCUT2D eigenvalue weighted by molar-refractivity contribution is 0.0934. The van der Waals surface area contributed by atoms with E-state index in [4.69, 9.17) is 9.47 Å². The van der Waals surface area contributed by atoms with Gasteiger partial charge in [-0.1, -0.05) is 23.9 Å². The molecule has 0 amide bonds. The molecule has 33 heavy (non-hydrogen) atoms.